The van der Waals surface area contributed by atoms with E-state index in [0.29, 0.717) is 23.3 Å². The molecule has 1 aromatic rings. The molecule has 2 nitrogen and oxygen atoms in total. The fraction of sp³-hybridized carbons (Fsp3) is 0.688. The highest BCUT2D eigenvalue weighted by Gasteiger charge is 2.42. The topological polar surface area (TPSA) is 38.9 Å². The largest absolute Gasteiger partial charge is 0.327 e. The fourth-order valence-electron chi connectivity index (χ4n) is 4.17. The molecule has 0 bridgehead atoms. The van der Waals surface area contributed by atoms with Crippen molar-refractivity contribution in [3.63, 3.8) is 0 Å². The molecule has 1 saturated carbocycles. The summed E-state index contributed by atoms with van der Waals surface area (Å²) in [5, 5.41) is 0. The van der Waals surface area contributed by atoms with Gasteiger partial charge in [0.1, 0.15) is 0 Å². The molecule has 0 aliphatic heterocycles. The zero-order valence-corrected chi connectivity index (χ0v) is 11.5. The summed E-state index contributed by atoms with van der Waals surface area (Å²) in [7, 11) is 0. The van der Waals surface area contributed by atoms with E-state index in [0.717, 1.165) is 6.42 Å². The summed E-state index contributed by atoms with van der Waals surface area (Å²) in [6.45, 7) is 4.78. The van der Waals surface area contributed by atoms with Crippen LogP contribution in [0.3, 0.4) is 0 Å². The van der Waals surface area contributed by atoms with Gasteiger partial charge in [0.15, 0.2) is 0 Å². The van der Waals surface area contributed by atoms with Crippen LogP contribution < -0.4 is 5.73 Å². The Balaban J connectivity index is 1.84. The summed E-state index contributed by atoms with van der Waals surface area (Å²) in [4.78, 5) is 4.60. The number of fused-ring (bicyclic) bond motifs is 1. The molecule has 0 radical (unpaired) electrons. The Hall–Kier alpha value is -0.890. The van der Waals surface area contributed by atoms with Gasteiger partial charge in [-0.3, -0.25) is 4.98 Å². The van der Waals surface area contributed by atoms with Gasteiger partial charge in [-0.1, -0.05) is 26.3 Å². The van der Waals surface area contributed by atoms with Gasteiger partial charge in [-0.25, -0.2) is 0 Å². The lowest BCUT2D eigenvalue weighted by atomic mass is 9.73. The Labute approximate surface area is 110 Å². The average molecular weight is 244 g/mol. The number of aryl methyl sites for hydroxylation is 1. The highest BCUT2D eigenvalue weighted by atomic mass is 14.8. The Bertz CT molecular complexity index is 438. The molecule has 18 heavy (non-hydrogen) atoms. The second-order valence-electron chi connectivity index (χ2n) is 6.76. The van der Waals surface area contributed by atoms with E-state index in [-0.39, 0.29) is 0 Å². The summed E-state index contributed by atoms with van der Waals surface area (Å²) in [5.74, 6) is 1.15. The van der Waals surface area contributed by atoms with E-state index in [9.17, 15) is 0 Å². The summed E-state index contributed by atoms with van der Waals surface area (Å²) in [6.07, 6.45) is 8.24. The van der Waals surface area contributed by atoms with Crippen LogP contribution in [0.15, 0.2) is 18.3 Å². The van der Waals surface area contributed by atoms with E-state index < -0.39 is 0 Å². The first-order chi connectivity index (χ1) is 8.59. The third kappa shape index (κ3) is 1.87. The van der Waals surface area contributed by atoms with Gasteiger partial charge in [-0.05, 0) is 48.6 Å². The Morgan fingerprint density at radius 2 is 2.22 bits per heavy atom. The normalized spacial score (nSPS) is 31.3. The van der Waals surface area contributed by atoms with E-state index in [1.807, 2.05) is 12.3 Å². The summed E-state index contributed by atoms with van der Waals surface area (Å²) >= 11 is 0. The molecule has 3 rings (SSSR count). The number of hydrogen-bond acceptors (Lipinski definition) is 2. The minimum Gasteiger partial charge on any atom is -0.327 e. The molecule has 2 N–H and O–H groups in total. The van der Waals surface area contributed by atoms with Crippen molar-refractivity contribution < 1.29 is 0 Å². The quantitative estimate of drug-likeness (QED) is 0.867. The van der Waals surface area contributed by atoms with Crippen LogP contribution in [0.25, 0.3) is 0 Å². The molecule has 1 fully saturated rings. The first-order valence-corrected chi connectivity index (χ1v) is 7.29. The van der Waals surface area contributed by atoms with Crippen LogP contribution in [-0.4, -0.2) is 11.0 Å². The number of aromatic nitrogens is 1. The second-order valence-corrected chi connectivity index (χ2v) is 6.76. The number of nitrogens with zero attached hydrogens (tertiary/aromatic N) is 1. The van der Waals surface area contributed by atoms with Crippen molar-refractivity contribution in [3.05, 3.63) is 29.6 Å². The monoisotopic (exact) mass is 244 g/mol. The van der Waals surface area contributed by atoms with Gasteiger partial charge < -0.3 is 5.73 Å². The number of pyridine rings is 1. The maximum Gasteiger partial charge on any atom is 0.0482 e. The highest BCUT2D eigenvalue weighted by Crippen LogP contribution is 2.48. The van der Waals surface area contributed by atoms with Crippen LogP contribution in [0, 0.1) is 11.3 Å². The fourth-order valence-corrected chi connectivity index (χ4v) is 4.17. The standard InChI is InChI=1S/C16H24N2/c1-16(2)9-3-6-13(16)14(17)12-8-7-11-5-4-10-18-15(11)12/h4-5,10,12-14H,3,6-9,17H2,1-2H3. The van der Waals surface area contributed by atoms with Crippen LogP contribution in [0.1, 0.15) is 56.7 Å². The smallest absolute Gasteiger partial charge is 0.0482 e. The molecular weight excluding hydrogens is 220 g/mol. The van der Waals surface area contributed by atoms with Crippen molar-refractivity contribution in [2.24, 2.45) is 17.1 Å². The summed E-state index contributed by atoms with van der Waals surface area (Å²) < 4.78 is 0. The minimum atomic E-state index is 0.290. The SMILES string of the molecule is CC1(C)CCCC1C(N)C1CCc2cccnc21. The van der Waals surface area contributed by atoms with Crippen molar-refractivity contribution in [3.8, 4) is 0 Å². The molecule has 3 atom stereocenters. The zero-order chi connectivity index (χ0) is 12.8. The van der Waals surface area contributed by atoms with Crippen molar-refractivity contribution in [1.29, 1.82) is 0 Å². The van der Waals surface area contributed by atoms with Gasteiger partial charge in [-0.2, -0.15) is 0 Å². The maximum absolute atomic E-state index is 6.63. The molecule has 98 valence electrons. The van der Waals surface area contributed by atoms with E-state index in [1.54, 1.807) is 0 Å². The molecule has 2 aliphatic rings. The van der Waals surface area contributed by atoms with Gasteiger partial charge >= 0.3 is 0 Å². The first-order valence-electron chi connectivity index (χ1n) is 7.29. The number of rotatable bonds is 2. The molecule has 2 heteroatoms. The lowest BCUT2D eigenvalue weighted by molar-refractivity contribution is 0.201. The van der Waals surface area contributed by atoms with E-state index in [1.165, 1.54) is 36.9 Å². The van der Waals surface area contributed by atoms with Crippen LogP contribution >= 0.6 is 0 Å². The van der Waals surface area contributed by atoms with Crippen molar-refractivity contribution in [2.75, 3.05) is 0 Å². The lowest BCUT2D eigenvalue weighted by Gasteiger charge is -2.35. The van der Waals surface area contributed by atoms with Gasteiger partial charge in [0.05, 0.1) is 0 Å². The van der Waals surface area contributed by atoms with Crippen LogP contribution in [-0.2, 0) is 6.42 Å². The minimum absolute atomic E-state index is 0.290. The molecule has 2 aliphatic carbocycles. The van der Waals surface area contributed by atoms with E-state index in [2.05, 4.69) is 24.9 Å². The molecule has 0 saturated heterocycles. The molecule has 0 amide bonds. The Morgan fingerprint density at radius 3 is 2.94 bits per heavy atom. The number of nitrogens with two attached hydrogens (primary N) is 1. The third-order valence-corrected chi connectivity index (χ3v) is 5.27. The first kappa shape index (κ1) is 12.2. The van der Waals surface area contributed by atoms with Gasteiger partial charge in [0.25, 0.3) is 0 Å². The summed E-state index contributed by atoms with van der Waals surface area (Å²) in [6, 6.07) is 4.56. The molecule has 3 unspecified atom stereocenters. The van der Waals surface area contributed by atoms with Crippen LogP contribution in [0.2, 0.25) is 0 Å². The van der Waals surface area contributed by atoms with E-state index in [4.69, 9.17) is 5.73 Å². The second kappa shape index (κ2) is 4.34. The average Bonchev–Trinajstić information content (AvgIpc) is 2.91. The van der Waals surface area contributed by atoms with E-state index >= 15 is 0 Å². The van der Waals surface area contributed by atoms with Crippen molar-refractivity contribution in [1.82, 2.24) is 4.98 Å². The summed E-state index contributed by atoms with van der Waals surface area (Å²) in [5.41, 5.74) is 9.76. The Kier molecular flexibility index (Phi) is 2.93. The van der Waals surface area contributed by atoms with Crippen molar-refractivity contribution in [2.45, 2.75) is 57.9 Å². The molecule has 0 aromatic carbocycles. The molecule has 1 aromatic heterocycles. The lowest BCUT2D eigenvalue weighted by Crippen LogP contribution is -2.40. The Morgan fingerprint density at radius 1 is 1.39 bits per heavy atom. The third-order valence-electron chi connectivity index (χ3n) is 5.27. The molecular formula is C16H24N2. The van der Waals surface area contributed by atoms with Gasteiger partial charge in [0, 0.05) is 23.9 Å². The number of hydrogen-bond donors (Lipinski definition) is 1. The predicted octanol–water partition coefficient (Wildman–Crippen LogP) is 3.27. The molecule has 0 spiro atoms. The van der Waals surface area contributed by atoms with Gasteiger partial charge in [0.2, 0.25) is 0 Å². The maximum atomic E-state index is 6.63. The van der Waals surface area contributed by atoms with Crippen LogP contribution in [0.4, 0.5) is 0 Å². The van der Waals surface area contributed by atoms with Crippen molar-refractivity contribution >= 4 is 0 Å². The van der Waals surface area contributed by atoms with Gasteiger partial charge in [-0.15, -0.1) is 0 Å². The van der Waals surface area contributed by atoms with Crippen LogP contribution in [0.5, 0.6) is 0 Å². The highest BCUT2D eigenvalue weighted by molar-refractivity contribution is 5.30. The predicted molar refractivity (Wildman–Crippen MR) is 74.4 cm³/mol. The molecule has 1 heterocycles. The zero-order valence-electron chi connectivity index (χ0n) is 11.5.